The van der Waals surface area contributed by atoms with Gasteiger partial charge in [-0.15, -0.1) is 0 Å². The van der Waals surface area contributed by atoms with Crippen LogP contribution >= 0.6 is 0 Å². The van der Waals surface area contributed by atoms with E-state index in [2.05, 4.69) is 6.92 Å². The summed E-state index contributed by atoms with van der Waals surface area (Å²) in [6.45, 7) is 4.86. The van der Waals surface area contributed by atoms with Crippen LogP contribution in [0, 0.1) is 5.92 Å². The summed E-state index contributed by atoms with van der Waals surface area (Å²) in [5.74, 6) is 0.998. The Labute approximate surface area is 167 Å². The van der Waals surface area contributed by atoms with Gasteiger partial charge in [-0.1, -0.05) is 38.8 Å². The van der Waals surface area contributed by atoms with Gasteiger partial charge in [0.05, 0.1) is 19.1 Å². The molecule has 0 N–H and O–H groups in total. The van der Waals surface area contributed by atoms with Crippen LogP contribution in [-0.4, -0.2) is 25.5 Å². The molecule has 0 saturated heterocycles. The standard InChI is InChI=1S/C21H29NO5S/c1-4-6-10-18(5-2)21(23)22(16-20-12-8-13-26-20)15-17-9-7-11-19(14-17)27-28(3,24)25/h7-9,11-14,18H,4-6,10,15-16H2,1-3H3/t18-/m0/s1. The second-order valence-electron chi connectivity index (χ2n) is 6.96. The number of benzene rings is 1. The molecule has 0 fully saturated rings. The monoisotopic (exact) mass is 407 g/mol. The number of nitrogens with zero attached hydrogens (tertiary/aromatic N) is 1. The first-order valence-electron chi connectivity index (χ1n) is 9.62. The van der Waals surface area contributed by atoms with Crippen molar-refractivity contribution in [1.82, 2.24) is 4.90 Å². The molecule has 0 aliphatic carbocycles. The van der Waals surface area contributed by atoms with Gasteiger partial charge in [0.2, 0.25) is 5.91 Å². The van der Waals surface area contributed by atoms with Crippen LogP contribution in [0.2, 0.25) is 0 Å². The summed E-state index contributed by atoms with van der Waals surface area (Å²) in [4.78, 5) is 14.9. The Hall–Kier alpha value is -2.28. The molecule has 0 spiro atoms. The van der Waals surface area contributed by atoms with Crippen LogP contribution in [0.25, 0.3) is 0 Å². The van der Waals surface area contributed by atoms with E-state index in [1.165, 1.54) is 0 Å². The van der Waals surface area contributed by atoms with Gasteiger partial charge in [0.25, 0.3) is 0 Å². The van der Waals surface area contributed by atoms with E-state index in [9.17, 15) is 13.2 Å². The van der Waals surface area contributed by atoms with Crippen molar-refractivity contribution in [3.8, 4) is 5.75 Å². The van der Waals surface area contributed by atoms with E-state index in [1.807, 2.05) is 19.1 Å². The molecule has 154 valence electrons. The smallest absolute Gasteiger partial charge is 0.306 e. The van der Waals surface area contributed by atoms with Crippen LogP contribution < -0.4 is 4.18 Å². The van der Waals surface area contributed by atoms with E-state index in [0.717, 1.165) is 37.5 Å². The molecule has 28 heavy (non-hydrogen) atoms. The first-order chi connectivity index (χ1) is 13.3. The molecule has 0 aliphatic rings. The molecule has 1 atom stereocenters. The molecule has 1 aromatic carbocycles. The molecule has 0 aliphatic heterocycles. The van der Waals surface area contributed by atoms with Crippen LogP contribution in [0.1, 0.15) is 50.9 Å². The summed E-state index contributed by atoms with van der Waals surface area (Å²) in [6, 6.07) is 10.4. The summed E-state index contributed by atoms with van der Waals surface area (Å²) in [6.07, 6.45) is 6.30. The van der Waals surface area contributed by atoms with Crippen molar-refractivity contribution in [2.24, 2.45) is 5.92 Å². The Morgan fingerprint density at radius 3 is 2.57 bits per heavy atom. The molecule has 0 unspecified atom stereocenters. The molecule has 0 bridgehead atoms. The maximum absolute atomic E-state index is 13.2. The Balaban J connectivity index is 2.22. The molecule has 2 aromatic rings. The van der Waals surface area contributed by atoms with Crippen LogP contribution in [0.15, 0.2) is 47.1 Å². The highest BCUT2D eigenvalue weighted by atomic mass is 32.2. The zero-order chi connectivity index (χ0) is 20.6. The molecule has 1 heterocycles. The minimum absolute atomic E-state index is 0.0367. The SMILES string of the molecule is CCCC[C@H](CC)C(=O)N(Cc1cccc(OS(C)(=O)=O)c1)Cc1ccco1. The highest BCUT2D eigenvalue weighted by Crippen LogP contribution is 2.22. The summed E-state index contributed by atoms with van der Waals surface area (Å²) < 4.78 is 33.2. The van der Waals surface area contributed by atoms with E-state index < -0.39 is 10.1 Å². The first kappa shape index (κ1) is 22.0. The van der Waals surface area contributed by atoms with E-state index in [1.54, 1.807) is 35.4 Å². The number of carbonyl (C=O) groups excluding carboxylic acids is 1. The van der Waals surface area contributed by atoms with Gasteiger partial charge in [0.1, 0.15) is 11.5 Å². The zero-order valence-corrected chi connectivity index (χ0v) is 17.6. The van der Waals surface area contributed by atoms with Gasteiger partial charge in [-0.25, -0.2) is 0 Å². The highest BCUT2D eigenvalue weighted by molar-refractivity contribution is 7.86. The van der Waals surface area contributed by atoms with Crippen molar-refractivity contribution in [2.75, 3.05) is 6.26 Å². The normalized spacial score (nSPS) is 12.5. The van der Waals surface area contributed by atoms with Crippen LogP contribution in [0.4, 0.5) is 0 Å². The number of carbonyl (C=O) groups is 1. The van der Waals surface area contributed by atoms with Crippen molar-refractivity contribution in [3.63, 3.8) is 0 Å². The minimum Gasteiger partial charge on any atom is -0.467 e. The van der Waals surface area contributed by atoms with Crippen molar-refractivity contribution in [3.05, 3.63) is 54.0 Å². The lowest BCUT2D eigenvalue weighted by Gasteiger charge is -2.26. The Morgan fingerprint density at radius 2 is 1.96 bits per heavy atom. The van der Waals surface area contributed by atoms with Gasteiger partial charge in [-0.3, -0.25) is 4.79 Å². The number of hydrogen-bond donors (Lipinski definition) is 0. The Morgan fingerprint density at radius 1 is 1.18 bits per heavy atom. The van der Waals surface area contributed by atoms with Crippen molar-refractivity contribution in [2.45, 2.75) is 52.6 Å². The zero-order valence-electron chi connectivity index (χ0n) is 16.8. The number of furan rings is 1. The first-order valence-corrected chi connectivity index (χ1v) is 11.4. The van der Waals surface area contributed by atoms with Crippen molar-refractivity contribution in [1.29, 1.82) is 0 Å². The largest absolute Gasteiger partial charge is 0.467 e. The molecular weight excluding hydrogens is 378 g/mol. The van der Waals surface area contributed by atoms with Gasteiger partial charge in [0, 0.05) is 12.5 Å². The van der Waals surface area contributed by atoms with E-state index in [4.69, 9.17) is 8.60 Å². The van der Waals surface area contributed by atoms with Gasteiger partial charge in [0.15, 0.2) is 0 Å². The Kier molecular flexibility index (Phi) is 8.11. The van der Waals surface area contributed by atoms with Gasteiger partial charge in [-0.2, -0.15) is 8.42 Å². The third-order valence-corrected chi connectivity index (χ3v) is 5.00. The molecule has 7 heteroatoms. The molecular formula is C21H29NO5S. The fraction of sp³-hybridized carbons (Fsp3) is 0.476. The minimum atomic E-state index is -3.60. The molecule has 0 saturated carbocycles. The maximum atomic E-state index is 13.2. The van der Waals surface area contributed by atoms with Crippen molar-refractivity contribution < 1.29 is 21.8 Å². The lowest BCUT2D eigenvalue weighted by Crippen LogP contribution is -2.35. The third kappa shape index (κ3) is 7.03. The van der Waals surface area contributed by atoms with Gasteiger partial charge >= 0.3 is 10.1 Å². The fourth-order valence-corrected chi connectivity index (χ4v) is 3.56. The van der Waals surface area contributed by atoms with E-state index >= 15 is 0 Å². The van der Waals surface area contributed by atoms with Gasteiger partial charge in [-0.05, 0) is 42.7 Å². The molecule has 2 rings (SSSR count). The number of hydrogen-bond acceptors (Lipinski definition) is 5. The van der Waals surface area contributed by atoms with Crippen molar-refractivity contribution >= 4 is 16.0 Å². The van der Waals surface area contributed by atoms with Crippen LogP contribution in [-0.2, 0) is 28.0 Å². The van der Waals surface area contributed by atoms with Crippen LogP contribution in [0.5, 0.6) is 5.75 Å². The third-order valence-electron chi connectivity index (χ3n) is 4.51. The number of rotatable bonds is 11. The molecule has 0 radical (unpaired) electrons. The number of amides is 1. The highest BCUT2D eigenvalue weighted by Gasteiger charge is 2.24. The maximum Gasteiger partial charge on any atom is 0.306 e. The summed E-state index contributed by atoms with van der Waals surface area (Å²) in [5.41, 5.74) is 0.798. The predicted octanol–water partition coefficient (Wildman–Crippen LogP) is 4.36. The van der Waals surface area contributed by atoms with Gasteiger partial charge < -0.3 is 13.5 Å². The molecule has 6 nitrogen and oxygen atoms in total. The lowest BCUT2D eigenvalue weighted by atomic mass is 9.97. The quantitative estimate of drug-likeness (QED) is 0.517. The second kappa shape index (κ2) is 10.3. The average Bonchev–Trinajstić information content (AvgIpc) is 3.13. The fourth-order valence-electron chi connectivity index (χ4n) is 3.10. The lowest BCUT2D eigenvalue weighted by molar-refractivity contribution is -0.137. The predicted molar refractivity (Wildman–Crippen MR) is 108 cm³/mol. The summed E-state index contributed by atoms with van der Waals surface area (Å²) >= 11 is 0. The van der Waals surface area contributed by atoms with E-state index in [-0.39, 0.29) is 17.6 Å². The molecule has 1 amide bonds. The molecule has 1 aromatic heterocycles. The average molecular weight is 408 g/mol. The van der Waals surface area contributed by atoms with E-state index in [0.29, 0.717) is 18.8 Å². The topological polar surface area (TPSA) is 76.8 Å². The second-order valence-corrected chi connectivity index (χ2v) is 8.53. The van der Waals surface area contributed by atoms with Crippen LogP contribution in [0.3, 0.4) is 0 Å². The summed E-state index contributed by atoms with van der Waals surface area (Å²) in [5, 5.41) is 0. The Bertz CT molecular complexity index is 845. The summed E-state index contributed by atoms with van der Waals surface area (Å²) in [7, 11) is -3.60. The number of unbranched alkanes of at least 4 members (excludes halogenated alkanes) is 1.